The highest BCUT2D eigenvalue weighted by Crippen LogP contribution is 2.27. The summed E-state index contributed by atoms with van der Waals surface area (Å²) in [5, 5.41) is 0. The molecule has 0 aliphatic rings. The van der Waals surface area contributed by atoms with Crippen molar-refractivity contribution in [3.8, 4) is 0 Å². The third-order valence-electron chi connectivity index (χ3n) is 4.03. The molecule has 0 aliphatic carbocycles. The molecule has 3 aromatic rings. The summed E-state index contributed by atoms with van der Waals surface area (Å²) < 4.78 is 22.7. The SMILES string of the molecule is O=POCC(c1ccccc1)c1cccn1C(=O)OCc1ccccc1. The fourth-order valence-electron chi connectivity index (χ4n) is 2.78. The summed E-state index contributed by atoms with van der Waals surface area (Å²) in [5.41, 5.74) is 2.60. The standard InChI is InChI=1S/C20H18NO4P/c22-20(24-14-16-8-3-1-4-9-16)21-13-7-12-19(21)18(15-25-26-23)17-10-5-2-6-11-17/h1-13,18H,14-15H2. The maximum Gasteiger partial charge on any atom is 0.418 e. The number of carbonyl (C=O) groups excluding carboxylic acids is 1. The normalized spacial score (nSPS) is 12.0. The predicted molar refractivity (Wildman–Crippen MR) is 98.3 cm³/mol. The van der Waals surface area contributed by atoms with Crippen molar-refractivity contribution in [2.75, 3.05) is 6.61 Å². The highest BCUT2D eigenvalue weighted by molar-refractivity contribution is 7.17. The van der Waals surface area contributed by atoms with Gasteiger partial charge in [0.15, 0.2) is 0 Å². The third-order valence-corrected chi connectivity index (χ3v) is 4.29. The molecule has 0 radical (unpaired) electrons. The lowest BCUT2D eigenvalue weighted by molar-refractivity contribution is 0.140. The average Bonchev–Trinajstić information content (AvgIpc) is 3.18. The number of ether oxygens (including phenoxy) is 1. The molecule has 1 unspecified atom stereocenters. The zero-order valence-electron chi connectivity index (χ0n) is 14.0. The van der Waals surface area contributed by atoms with Gasteiger partial charge >= 0.3 is 14.8 Å². The van der Waals surface area contributed by atoms with E-state index in [0.717, 1.165) is 16.8 Å². The molecule has 2 aromatic carbocycles. The molecule has 26 heavy (non-hydrogen) atoms. The Balaban J connectivity index is 1.80. The number of aromatic nitrogens is 1. The third kappa shape index (κ3) is 4.45. The molecule has 0 bridgehead atoms. The number of carbonyl (C=O) groups is 1. The van der Waals surface area contributed by atoms with Crippen molar-refractivity contribution >= 4 is 14.8 Å². The molecule has 0 spiro atoms. The van der Waals surface area contributed by atoms with Crippen LogP contribution in [0.3, 0.4) is 0 Å². The van der Waals surface area contributed by atoms with Gasteiger partial charge in [-0.05, 0) is 23.3 Å². The van der Waals surface area contributed by atoms with Gasteiger partial charge in [0.05, 0.1) is 6.61 Å². The lowest BCUT2D eigenvalue weighted by atomic mass is 9.96. The molecule has 1 atom stereocenters. The second-order valence-electron chi connectivity index (χ2n) is 5.68. The van der Waals surface area contributed by atoms with E-state index in [-0.39, 0.29) is 19.1 Å². The van der Waals surface area contributed by atoms with Crippen LogP contribution in [0.25, 0.3) is 0 Å². The van der Waals surface area contributed by atoms with Crippen molar-refractivity contribution < 1.29 is 18.6 Å². The molecule has 0 amide bonds. The Labute approximate surface area is 153 Å². The molecule has 3 rings (SSSR count). The maximum absolute atomic E-state index is 12.5. The first-order valence-corrected chi connectivity index (χ1v) is 8.90. The Morgan fingerprint density at radius 2 is 1.65 bits per heavy atom. The topological polar surface area (TPSA) is 57.5 Å². The van der Waals surface area contributed by atoms with Crippen LogP contribution in [-0.4, -0.2) is 17.3 Å². The summed E-state index contributed by atoms with van der Waals surface area (Å²) in [5.74, 6) is -0.239. The van der Waals surface area contributed by atoms with Crippen molar-refractivity contribution in [2.24, 2.45) is 0 Å². The average molecular weight is 367 g/mol. The molecule has 0 saturated carbocycles. The van der Waals surface area contributed by atoms with Gasteiger partial charge in [0.25, 0.3) is 0 Å². The number of nitrogens with zero attached hydrogens (tertiary/aromatic N) is 1. The quantitative estimate of drug-likeness (QED) is 0.550. The fourth-order valence-corrected chi connectivity index (χ4v) is 2.99. The highest BCUT2D eigenvalue weighted by Gasteiger charge is 2.21. The molecule has 132 valence electrons. The molecule has 0 aliphatic heterocycles. The second-order valence-corrected chi connectivity index (χ2v) is 6.08. The van der Waals surface area contributed by atoms with E-state index < -0.39 is 14.8 Å². The van der Waals surface area contributed by atoms with E-state index in [1.165, 1.54) is 4.57 Å². The first-order valence-electron chi connectivity index (χ1n) is 8.17. The van der Waals surface area contributed by atoms with E-state index in [9.17, 15) is 9.36 Å². The molecular formula is C20H18NO4P. The van der Waals surface area contributed by atoms with Gasteiger partial charge in [0.1, 0.15) is 6.61 Å². The first-order chi connectivity index (χ1) is 12.8. The number of hydrogen-bond acceptors (Lipinski definition) is 4. The van der Waals surface area contributed by atoms with Crippen LogP contribution in [0.1, 0.15) is 22.7 Å². The van der Waals surface area contributed by atoms with Crippen molar-refractivity contribution in [3.05, 3.63) is 95.8 Å². The van der Waals surface area contributed by atoms with Gasteiger partial charge < -0.3 is 4.74 Å². The van der Waals surface area contributed by atoms with Gasteiger partial charge in [-0.15, -0.1) is 0 Å². The first kappa shape index (κ1) is 18.1. The molecular weight excluding hydrogens is 349 g/mol. The number of benzene rings is 2. The van der Waals surface area contributed by atoms with Crippen LogP contribution in [-0.2, 0) is 20.4 Å². The lowest BCUT2D eigenvalue weighted by Crippen LogP contribution is -2.19. The Morgan fingerprint density at radius 1 is 0.962 bits per heavy atom. The van der Waals surface area contributed by atoms with E-state index in [4.69, 9.17) is 9.26 Å². The minimum atomic E-state index is -0.463. The summed E-state index contributed by atoms with van der Waals surface area (Å²) >= 11 is 0. The smallest absolute Gasteiger partial charge is 0.418 e. The van der Waals surface area contributed by atoms with Gasteiger partial charge in [0, 0.05) is 17.8 Å². The monoisotopic (exact) mass is 367 g/mol. The van der Waals surface area contributed by atoms with E-state index in [2.05, 4.69) is 0 Å². The van der Waals surface area contributed by atoms with Crippen LogP contribution >= 0.6 is 8.69 Å². The van der Waals surface area contributed by atoms with Gasteiger partial charge in [-0.1, -0.05) is 60.7 Å². The van der Waals surface area contributed by atoms with Crippen LogP contribution in [0.5, 0.6) is 0 Å². The molecule has 0 saturated heterocycles. The summed E-state index contributed by atoms with van der Waals surface area (Å²) in [6.07, 6.45) is 1.20. The Kier molecular flexibility index (Phi) is 6.31. The summed E-state index contributed by atoms with van der Waals surface area (Å²) in [4.78, 5) is 12.5. The van der Waals surface area contributed by atoms with Crippen molar-refractivity contribution in [3.63, 3.8) is 0 Å². The van der Waals surface area contributed by atoms with Crippen LogP contribution < -0.4 is 0 Å². The predicted octanol–water partition coefficient (Wildman–Crippen LogP) is 5.03. The minimum Gasteiger partial charge on any atom is -0.444 e. The fraction of sp³-hybridized carbons (Fsp3) is 0.150. The van der Waals surface area contributed by atoms with Gasteiger partial charge in [0.2, 0.25) is 0 Å². The Morgan fingerprint density at radius 3 is 2.35 bits per heavy atom. The van der Waals surface area contributed by atoms with Crippen LogP contribution in [0.15, 0.2) is 79.0 Å². The van der Waals surface area contributed by atoms with Crippen molar-refractivity contribution in [1.29, 1.82) is 0 Å². The molecule has 1 heterocycles. The Bertz CT molecular complexity index is 849. The Hall–Kier alpha value is -2.75. The minimum absolute atomic E-state index is 0.186. The number of hydrogen-bond donors (Lipinski definition) is 0. The van der Waals surface area contributed by atoms with Crippen LogP contribution in [0, 0.1) is 0 Å². The van der Waals surface area contributed by atoms with Crippen molar-refractivity contribution in [1.82, 2.24) is 4.57 Å². The maximum atomic E-state index is 12.5. The van der Waals surface area contributed by atoms with E-state index in [1.807, 2.05) is 66.7 Å². The van der Waals surface area contributed by atoms with Gasteiger partial charge in [-0.2, -0.15) is 0 Å². The van der Waals surface area contributed by atoms with Gasteiger partial charge in [-0.3, -0.25) is 9.09 Å². The molecule has 1 aromatic heterocycles. The van der Waals surface area contributed by atoms with Gasteiger partial charge in [-0.25, -0.2) is 9.36 Å². The largest absolute Gasteiger partial charge is 0.444 e. The van der Waals surface area contributed by atoms with E-state index in [0.29, 0.717) is 0 Å². The highest BCUT2D eigenvalue weighted by atomic mass is 31.1. The molecule has 6 heteroatoms. The summed E-state index contributed by atoms with van der Waals surface area (Å²) in [7, 11) is -0.392. The molecule has 0 N–H and O–H groups in total. The van der Waals surface area contributed by atoms with E-state index in [1.54, 1.807) is 12.3 Å². The lowest BCUT2D eigenvalue weighted by Gasteiger charge is -2.18. The molecule has 5 nitrogen and oxygen atoms in total. The zero-order chi connectivity index (χ0) is 18.2. The zero-order valence-corrected chi connectivity index (χ0v) is 14.9. The van der Waals surface area contributed by atoms with Crippen LogP contribution in [0.4, 0.5) is 4.79 Å². The summed E-state index contributed by atoms with van der Waals surface area (Å²) in [6.45, 7) is 0.383. The second kappa shape index (κ2) is 9.09. The molecule has 0 fully saturated rings. The number of rotatable bonds is 7. The summed E-state index contributed by atoms with van der Waals surface area (Å²) in [6, 6.07) is 22.8. The van der Waals surface area contributed by atoms with Crippen molar-refractivity contribution in [2.45, 2.75) is 12.5 Å². The van der Waals surface area contributed by atoms with Crippen LogP contribution in [0.2, 0.25) is 0 Å². The van der Waals surface area contributed by atoms with E-state index >= 15 is 0 Å².